The highest BCUT2D eigenvalue weighted by Gasteiger charge is 2.27. The van der Waals surface area contributed by atoms with E-state index in [2.05, 4.69) is 24.5 Å². The number of hydrogen-bond donors (Lipinski definition) is 2. The largest absolute Gasteiger partial charge is 0.381 e. The lowest BCUT2D eigenvalue weighted by Crippen LogP contribution is -2.33. The van der Waals surface area contributed by atoms with E-state index < -0.39 is 0 Å². The maximum atomic E-state index is 11.6. The smallest absolute Gasteiger partial charge is 0.225 e. The molecule has 2 N–H and O–H groups in total. The Labute approximate surface area is 102 Å². The Morgan fingerprint density at radius 1 is 1.59 bits per heavy atom. The second-order valence-electron chi connectivity index (χ2n) is 4.82. The fraction of sp³-hybridized carbons (Fsp3) is 0.833. The number of nitrogens with one attached hydrogen (secondary N) is 2. The highest BCUT2D eigenvalue weighted by atomic mass is 16.5. The molecule has 0 saturated carbocycles. The molecular formula is C12H22N2O3. The molecule has 1 heterocycles. The SMILES string of the molecule is CC(C)COCCCNC(=O)C1CNC(=O)C1. The number of amides is 2. The van der Waals surface area contributed by atoms with E-state index in [1.165, 1.54) is 0 Å². The van der Waals surface area contributed by atoms with Gasteiger partial charge in [-0.1, -0.05) is 13.8 Å². The topological polar surface area (TPSA) is 67.4 Å². The van der Waals surface area contributed by atoms with E-state index in [0.717, 1.165) is 13.0 Å². The van der Waals surface area contributed by atoms with Crippen molar-refractivity contribution in [2.24, 2.45) is 11.8 Å². The molecule has 1 unspecified atom stereocenters. The first-order valence-electron chi connectivity index (χ1n) is 6.21. The first kappa shape index (κ1) is 14.0. The minimum absolute atomic E-state index is 0.0350. The van der Waals surface area contributed by atoms with Crippen molar-refractivity contribution in [2.75, 3.05) is 26.3 Å². The minimum atomic E-state index is -0.195. The predicted molar refractivity (Wildman–Crippen MR) is 64.4 cm³/mol. The molecule has 5 nitrogen and oxygen atoms in total. The highest BCUT2D eigenvalue weighted by Crippen LogP contribution is 2.08. The van der Waals surface area contributed by atoms with Gasteiger partial charge in [0.25, 0.3) is 0 Å². The van der Waals surface area contributed by atoms with Crippen LogP contribution >= 0.6 is 0 Å². The summed E-state index contributed by atoms with van der Waals surface area (Å²) in [5, 5.41) is 5.47. The maximum absolute atomic E-state index is 11.6. The van der Waals surface area contributed by atoms with E-state index in [9.17, 15) is 9.59 Å². The molecule has 0 aliphatic carbocycles. The molecule has 1 saturated heterocycles. The molecule has 98 valence electrons. The molecule has 1 aliphatic rings. The van der Waals surface area contributed by atoms with E-state index in [0.29, 0.717) is 32.0 Å². The van der Waals surface area contributed by atoms with Crippen molar-refractivity contribution in [1.29, 1.82) is 0 Å². The monoisotopic (exact) mass is 242 g/mol. The summed E-state index contributed by atoms with van der Waals surface area (Å²) in [5.74, 6) is 0.275. The average Bonchev–Trinajstić information content (AvgIpc) is 2.69. The predicted octanol–water partition coefficient (Wildman–Crippen LogP) is 0.301. The van der Waals surface area contributed by atoms with Crippen LogP contribution in [0.1, 0.15) is 26.7 Å². The van der Waals surface area contributed by atoms with Crippen LogP contribution in [0.2, 0.25) is 0 Å². The number of carbonyl (C=O) groups is 2. The zero-order chi connectivity index (χ0) is 12.7. The summed E-state index contributed by atoms with van der Waals surface area (Å²) in [6.07, 6.45) is 1.13. The fourth-order valence-electron chi connectivity index (χ4n) is 1.64. The Kier molecular flexibility index (Phi) is 5.97. The Balaban J connectivity index is 1.99. The van der Waals surface area contributed by atoms with E-state index in [1.54, 1.807) is 0 Å². The third-order valence-corrected chi connectivity index (χ3v) is 2.56. The van der Waals surface area contributed by atoms with E-state index >= 15 is 0 Å². The van der Waals surface area contributed by atoms with Crippen LogP contribution in [-0.2, 0) is 14.3 Å². The molecule has 0 aromatic rings. The Morgan fingerprint density at radius 3 is 2.94 bits per heavy atom. The van der Waals surface area contributed by atoms with Crippen molar-refractivity contribution in [3.8, 4) is 0 Å². The molecule has 2 amide bonds. The van der Waals surface area contributed by atoms with Crippen LogP contribution in [0.25, 0.3) is 0 Å². The molecule has 1 aliphatic heterocycles. The molecule has 5 heteroatoms. The third-order valence-electron chi connectivity index (χ3n) is 2.56. The van der Waals surface area contributed by atoms with Crippen LogP contribution in [0.4, 0.5) is 0 Å². The molecular weight excluding hydrogens is 220 g/mol. The summed E-state index contributed by atoms with van der Waals surface area (Å²) in [4.78, 5) is 22.5. The first-order valence-corrected chi connectivity index (χ1v) is 6.21. The number of rotatable bonds is 7. The van der Waals surface area contributed by atoms with Gasteiger partial charge in [0.05, 0.1) is 5.92 Å². The lowest BCUT2D eigenvalue weighted by Gasteiger charge is -2.10. The minimum Gasteiger partial charge on any atom is -0.381 e. The van der Waals surface area contributed by atoms with Crippen LogP contribution in [0, 0.1) is 11.8 Å². The summed E-state index contributed by atoms with van der Waals surface area (Å²) in [7, 11) is 0. The quantitative estimate of drug-likeness (QED) is 0.631. The summed E-state index contributed by atoms with van der Waals surface area (Å²) >= 11 is 0. The summed E-state index contributed by atoms with van der Waals surface area (Å²) < 4.78 is 5.40. The van der Waals surface area contributed by atoms with E-state index in [4.69, 9.17) is 4.74 Å². The van der Waals surface area contributed by atoms with Crippen LogP contribution < -0.4 is 10.6 Å². The second kappa shape index (κ2) is 7.27. The molecule has 1 rings (SSSR count). The molecule has 0 radical (unpaired) electrons. The summed E-state index contributed by atoms with van der Waals surface area (Å²) in [6.45, 7) is 6.71. The van der Waals surface area contributed by atoms with Crippen molar-refractivity contribution < 1.29 is 14.3 Å². The van der Waals surface area contributed by atoms with Crippen molar-refractivity contribution in [2.45, 2.75) is 26.7 Å². The van der Waals surface area contributed by atoms with Gasteiger partial charge in [-0.05, 0) is 12.3 Å². The molecule has 0 spiro atoms. The normalized spacial score (nSPS) is 19.5. The van der Waals surface area contributed by atoms with Crippen LogP contribution in [0.15, 0.2) is 0 Å². The molecule has 0 bridgehead atoms. The number of ether oxygens (including phenoxy) is 1. The van der Waals surface area contributed by atoms with Gasteiger partial charge in [-0.3, -0.25) is 9.59 Å². The Bertz CT molecular complexity index is 266. The first-order chi connectivity index (χ1) is 8.09. The third kappa shape index (κ3) is 5.68. The standard InChI is InChI=1S/C12H22N2O3/c1-9(2)8-17-5-3-4-13-12(16)10-6-11(15)14-7-10/h9-10H,3-8H2,1-2H3,(H,13,16)(H,14,15). The Morgan fingerprint density at radius 2 is 2.35 bits per heavy atom. The van der Waals surface area contributed by atoms with Crippen molar-refractivity contribution in [3.63, 3.8) is 0 Å². The molecule has 0 aromatic carbocycles. The Hall–Kier alpha value is -1.10. The van der Waals surface area contributed by atoms with Crippen LogP contribution in [0.5, 0.6) is 0 Å². The van der Waals surface area contributed by atoms with Gasteiger partial charge in [-0.2, -0.15) is 0 Å². The maximum Gasteiger partial charge on any atom is 0.225 e. The van der Waals surface area contributed by atoms with Gasteiger partial charge >= 0.3 is 0 Å². The van der Waals surface area contributed by atoms with Gasteiger partial charge in [0, 0.05) is 32.7 Å². The summed E-state index contributed by atoms with van der Waals surface area (Å²) in [5.41, 5.74) is 0. The second-order valence-corrected chi connectivity index (χ2v) is 4.82. The molecule has 1 fully saturated rings. The average molecular weight is 242 g/mol. The van der Waals surface area contributed by atoms with Gasteiger partial charge in [-0.15, -0.1) is 0 Å². The van der Waals surface area contributed by atoms with E-state index in [-0.39, 0.29) is 17.7 Å². The van der Waals surface area contributed by atoms with Gasteiger partial charge in [-0.25, -0.2) is 0 Å². The molecule has 0 aromatic heterocycles. The van der Waals surface area contributed by atoms with Crippen LogP contribution in [-0.4, -0.2) is 38.1 Å². The zero-order valence-electron chi connectivity index (χ0n) is 10.6. The van der Waals surface area contributed by atoms with Gasteiger partial charge in [0.15, 0.2) is 0 Å². The number of carbonyl (C=O) groups excluding carboxylic acids is 2. The van der Waals surface area contributed by atoms with Gasteiger partial charge in [0.1, 0.15) is 0 Å². The van der Waals surface area contributed by atoms with Crippen molar-refractivity contribution in [3.05, 3.63) is 0 Å². The fourth-order valence-corrected chi connectivity index (χ4v) is 1.64. The lowest BCUT2D eigenvalue weighted by molar-refractivity contribution is -0.126. The van der Waals surface area contributed by atoms with Crippen LogP contribution in [0.3, 0.4) is 0 Å². The zero-order valence-corrected chi connectivity index (χ0v) is 10.6. The highest BCUT2D eigenvalue weighted by molar-refractivity contribution is 5.89. The molecule has 17 heavy (non-hydrogen) atoms. The van der Waals surface area contributed by atoms with Gasteiger partial charge < -0.3 is 15.4 Å². The van der Waals surface area contributed by atoms with Gasteiger partial charge in [0.2, 0.25) is 11.8 Å². The van der Waals surface area contributed by atoms with Crippen molar-refractivity contribution in [1.82, 2.24) is 10.6 Å². The molecule has 1 atom stereocenters. The van der Waals surface area contributed by atoms with E-state index in [1.807, 2.05) is 0 Å². The van der Waals surface area contributed by atoms with Crippen molar-refractivity contribution >= 4 is 11.8 Å². The summed E-state index contributed by atoms with van der Waals surface area (Å²) in [6, 6.07) is 0. The number of hydrogen-bond acceptors (Lipinski definition) is 3. The lowest BCUT2D eigenvalue weighted by atomic mass is 10.1.